The standard InChI is InChI=1S/C11H21NO4S.C2H6.H2/c1-3-10(13)8-6-5-7-9-17(15,16)12-11(14)4-2;1-2;/h3-9H2,1-2H3,(H,12,14);1-2H3;1H. The number of ketones is 1. The zero-order valence-electron chi connectivity index (χ0n) is 12.5. The van der Waals surface area contributed by atoms with Gasteiger partial charge in [0.1, 0.15) is 5.78 Å². The number of unbranched alkanes of at least 4 members (excludes halogenated alkanes) is 2. The molecule has 0 saturated carbocycles. The van der Waals surface area contributed by atoms with Crippen LogP contribution in [0.4, 0.5) is 0 Å². The Morgan fingerprint density at radius 2 is 1.58 bits per heavy atom. The van der Waals surface area contributed by atoms with Gasteiger partial charge in [-0.1, -0.05) is 34.1 Å². The Kier molecular flexibility index (Phi) is 13.0. The van der Waals surface area contributed by atoms with E-state index in [2.05, 4.69) is 0 Å². The van der Waals surface area contributed by atoms with Crippen molar-refractivity contribution >= 4 is 21.7 Å². The Hall–Kier alpha value is -0.910. The van der Waals surface area contributed by atoms with Gasteiger partial charge in [0.2, 0.25) is 15.9 Å². The first-order chi connectivity index (χ1) is 8.91. The average Bonchev–Trinajstić information content (AvgIpc) is 2.39. The van der Waals surface area contributed by atoms with Crippen LogP contribution in [0.3, 0.4) is 0 Å². The van der Waals surface area contributed by atoms with Crippen LogP contribution in [0.25, 0.3) is 0 Å². The van der Waals surface area contributed by atoms with Crippen molar-refractivity contribution in [2.24, 2.45) is 0 Å². The highest BCUT2D eigenvalue weighted by atomic mass is 32.2. The summed E-state index contributed by atoms with van der Waals surface area (Å²) in [6, 6.07) is 0. The Morgan fingerprint density at radius 3 is 2.05 bits per heavy atom. The molecule has 0 atom stereocenters. The summed E-state index contributed by atoms with van der Waals surface area (Å²) in [4.78, 5) is 21.9. The molecule has 0 unspecified atom stereocenters. The van der Waals surface area contributed by atoms with E-state index >= 15 is 0 Å². The van der Waals surface area contributed by atoms with Gasteiger partial charge < -0.3 is 0 Å². The Bertz CT molecular complexity index is 355. The minimum atomic E-state index is -3.48. The van der Waals surface area contributed by atoms with Crippen molar-refractivity contribution in [2.75, 3.05) is 5.75 Å². The summed E-state index contributed by atoms with van der Waals surface area (Å²) in [7, 11) is -3.48. The summed E-state index contributed by atoms with van der Waals surface area (Å²) in [5.74, 6) is -0.336. The fraction of sp³-hybridized carbons (Fsp3) is 0.846. The van der Waals surface area contributed by atoms with E-state index in [9.17, 15) is 18.0 Å². The van der Waals surface area contributed by atoms with Crippen LogP contribution >= 0.6 is 0 Å². The quantitative estimate of drug-likeness (QED) is 0.663. The monoisotopic (exact) mass is 295 g/mol. The van der Waals surface area contributed by atoms with Crippen molar-refractivity contribution in [1.29, 1.82) is 0 Å². The van der Waals surface area contributed by atoms with Gasteiger partial charge in [-0.25, -0.2) is 8.42 Å². The predicted molar refractivity (Wildman–Crippen MR) is 79.4 cm³/mol. The Balaban J connectivity index is -0.000000916. The Labute approximate surface area is 118 Å². The van der Waals surface area contributed by atoms with Crippen molar-refractivity contribution in [1.82, 2.24) is 4.72 Å². The molecule has 0 saturated heterocycles. The number of carbonyl (C=O) groups is 2. The second-order valence-electron chi connectivity index (χ2n) is 3.90. The van der Waals surface area contributed by atoms with Crippen LogP contribution in [-0.2, 0) is 19.6 Å². The third-order valence-corrected chi connectivity index (χ3v) is 3.72. The normalized spacial score (nSPS) is 10.3. The van der Waals surface area contributed by atoms with Crippen LogP contribution in [0, 0.1) is 0 Å². The van der Waals surface area contributed by atoms with Gasteiger partial charge in [0.25, 0.3) is 0 Å². The number of rotatable bonds is 9. The van der Waals surface area contributed by atoms with Gasteiger partial charge >= 0.3 is 0 Å². The number of carbonyl (C=O) groups excluding carboxylic acids is 2. The molecule has 0 aliphatic rings. The van der Waals surface area contributed by atoms with Gasteiger partial charge in [0, 0.05) is 20.7 Å². The SMILES string of the molecule is CC.CCC(=O)CCCCCS(=O)(=O)NC(=O)CC.[HH]. The summed E-state index contributed by atoms with van der Waals surface area (Å²) in [5.41, 5.74) is 0. The number of amides is 1. The third-order valence-electron chi connectivity index (χ3n) is 2.35. The number of sulfonamides is 1. The fourth-order valence-corrected chi connectivity index (χ4v) is 2.44. The number of hydrogen-bond acceptors (Lipinski definition) is 4. The molecule has 0 aromatic carbocycles. The summed E-state index contributed by atoms with van der Waals surface area (Å²) in [5, 5.41) is 0. The molecule has 0 bridgehead atoms. The van der Waals surface area contributed by atoms with E-state index < -0.39 is 15.9 Å². The molecule has 0 aliphatic heterocycles. The molecule has 116 valence electrons. The first kappa shape index (κ1) is 20.4. The molecule has 1 amide bonds. The summed E-state index contributed by atoms with van der Waals surface area (Å²) in [6.45, 7) is 7.41. The molecule has 0 aliphatic carbocycles. The maximum Gasteiger partial charge on any atom is 0.234 e. The number of Topliss-reactive ketones (excluding diaryl/α,β-unsaturated/α-hetero) is 1. The van der Waals surface area contributed by atoms with Crippen molar-refractivity contribution in [3.8, 4) is 0 Å². The van der Waals surface area contributed by atoms with Crippen LogP contribution in [0.1, 0.15) is 67.6 Å². The molecule has 5 nitrogen and oxygen atoms in total. The fourth-order valence-electron chi connectivity index (χ4n) is 1.26. The van der Waals surface area contributed by atoms with E-state index in [1.54, 1.807) is 6.92 Å². The molecule has 19 heavy (non-hydrogen) atoms. The van der Waals surface area contributed by atoms with Gasteiger partial charge in [0.15, 0.2) is 0 Å². The van der Waals surface area contributed by atoms with Gasteiger partial charge in [-0.3, -0.25) is 14.3 Å². The zero-order chi connectivity index (χ0) is 15.3. The van der Waals surface area contributed by atoms with Gasteiger partial charge in [-0.2, -0.15) is 0 Å². The van der Waals surface area contributed by atoms with E-state index in [0.29, 0.717) is 32.1 Å². The first-order valence-electron chi connectivity index (χ1n) is 6.96. The highest BCUT2D eigenvalue weighted by Crippen LogP contribution is 2.04. The van der Waals surface area contributed by atoms with Crippen molar-refractivity contribution < 1.29 is 19.4 Å². The van der Waals surface area contributed by atoms with Crippen molar-refractivity contribution in [3.63, 3.8) is 0 Å². The second-order valence-corrected chi connectivity index (χ2v) is 5.74. The molecule has 0 radical (unpaired) electrons. The lowest BCUT2D eigenvalue weighted by molar-refractivity contribution is -0.119. The molecule has 0 spiro atoms. The lowest BCUT2D eigenvalue weighted by Crippen LogP contribution is -2.31. The minimum absolute atomic E-state index is 0. The van der Waals surface area contributed by atoms with Crippen molar-refractivity contribution in [3.05, 3.63) is 0 Å². The Morgan fingerprint density at radius 1 is 1.00 bits per heavy atom. The molecule has 0 aromatic rings. The van der Waals surface area contributed by atoms with Crippen LogP contribution in [0.15, 0.2) is 0 Å². The highest BCUT2D eigenvalue weighted by molar-refractivity contribution is 7.90. The van der Waals surface area contributed by atoms with E-state index in [1.165, 1.54) is 0 Å². The summed E-state index contributed by atoms with van der Waals surface area (Å²) >= 11 is 0. The molecule has 1 N–H and O–H groups in total. The average molecular weight is 295 g/mol. The van der Waals surface area contributed by atoms with Crippen LogP contribution < -0.4 is 4.72 Å². The van der Waals surface area contributed by atoms with Crippen LogP contribution in [-0.4, -0.2) is 25.9 Å². The van der Waals surface area contributed by atoms with Gasteiger partial charge in [-0.05, 0) is 12.8 Å². The lowest BCUT2D eigenvalue weighted by Gasteiger charge is -2.05. The maximum atomic E-state index is 11.4. The number of nitrogens with one attached hydrogen (secondary N) is 1. The molecular weight excluding hydrogens is 266 g/mol. The second kappa shape index (κ2) is 12.1. The van der Waals surface area contributed by atoms with E-state index in [4.69, 9.17) is 0 Å². The molecule has 6 heteroatoms. The van der Waals surface area contributed by atoms with Crippen LogP contribution in [0.2, 0.25) is 0 Å². The minimum Gasteiger partial charge on any atom is -0.300 e. The van der Waals surface area contributed by atoms with Gasteiger partial charge in [-0.15, -0.1) is 0 Å². The van der Waals surface area contributed by atoms with Crippen LogP contribution in [0.5, 0.6) is 0 Å². The van der Waals surface area contributed by atoms with Crippen molar-refractivity contribution in [2.45, 2.75) is 66.2 Å². The summed E-state index contributed by atoms with van der Waals surface area (Å²) in [6.07, 6.45) is 3.08. The smallest absolute Gasteiger partial charge is 0.234 e. The number of hydrogen-bond donors (Lipinski definition) is 1. The van der Waals surface area contributed by atoms with E-state index in [-0.39, 0.29) is 19.4 Å². The molecule has 0 aromatic heterocycles. The molecule has 0 rings (SSSR count). The molecular formula is C13H29NO4S. The summed E-state index contributed by atoms with van der Waals surface area (Å²) < 4.78 is 24.7. The molecule has 0 heterocycles. The topological polar surface area (TPSA) is 80.3 Å². The van der Waals surface area contributed by atoms with Gasteiger partial charge in [0.05, 0.1) is 5.75 Å². The lowest BCUT2D eigenvalue weighted by atomic mass is 10.1. The van der Waals surface area contributed by atoms with E-state index in [0.717, 1.165) is 0 Å². The van der Waals surface area contributed by atoms with E-state index in [1.807, 2.05) is 25.5 Å². The largest absolute Gasteiger partial charge is 0.300 e. The maximum absolute atomic E-state index is 11.4. The highest BCUT2D eigenvalue weighted by Gasteiger charge is 2.12. The zero-order valence-corrected chi connectivity index (χ0v) is 13.3. The predicted octanol–water partition coefficient (Wildman–Crippen LogP) is 2.65. The molecule has 0 fully saturated rings. The third kappa shape index (κ3) is 13.3. The first-order valence-corrected chi connectivity index (χ1v) is 8.61.